The Morgan fingerprint density at radius 3 is 1.79 bits per heavy atom. The molecule has 0 aromatic carbocycles. The molecule has 3 saturated heterocycles. The Morgan fingerprint density at radius 1 is 0.750 bits per heavy atom. The van der Waals surface area contributed by atoms with Gasteiger partial charge in [0.15, 0.2) is 0 Å². The van der Waals surface area contributed by atoms with Crippen LogP contribution in [0.1, 0.15) is 55.5 Å². The molecule has 3 aliphatic heterocycles. The first-order chi connectivity index (χ1) is 22.6. The van der Waals surface area contributed by atoms with Gasteiger partial charge in [-0.1, -0.05) is 12.1 Å². The molecule has 1 amide bonds. The summed E-state index contributed by atoms with van der Waals surface area (Å²) in [4.78, 5) is 39.4. The van der Waals surface area contributed by atoms with Crippen LogP contribution in [0.5, 0.6) is 0 Å². The summed E-state index contributed by atoms with van der Waals surface area (Å²) in [5.74, 6) is 1.99. The first kappa shape index (κ1) is 39.0. The Hall–Kier alpha value is -3.44. The SMILES string of the molecule is CN=C(c1ccccn1)C1CCN(C(=O)C2CCN(Cc3ccnc(N)c3)CC2)CC1.CN=C(c1ccccn1)C1CCNCC1.Cl.Cl. The molecular formula is C36H51Cl2N9O. The Balaban J connectivity index is 0.000000311. The standard InChI is InChI=1S/C24H32N6O.C12H17N3.2ClH/c1-26-23(21-4-2-3-10-27-21)19-8-14-30(15-9-19)24(31)20-6-12-29(13-7-20)17-18-5-11-28-22(25)16-18;1-13-12(10-5-8-14-9-6-10)11-4-2-3-7-15-11;;/h2-5,10-11,16,19-20H,6-9,12-15,17H2,1H3,(H2,25,28);2-4,7,10,14H,5-6,8-9H2,1H3;2*1H. The molecule has 0 bridgehead atoms. The molecule has 6 rings (SSSR count). The van der Waals surface area contributed by atoms with Crippen LogP contribution in [-0.4, -0.2) is 95.4 Å². The summed E-state index contributed by atoms with van der Waals surface area (Å²) in [5.41, 5.74) is 11.2. The lowest BCUT2D eigenvalue weighted by Crippen LogP contribution is -2.46. The van der Waals surface area contributed by atoms with Crippen LogP contribution < -0.4 is 11.1 Å². The zero-order chi connectivity index (χ0) is 32.1. The number of hydrogen-bond acceptors (Lipinski definition) is 9. The van der Waals surface area contributed by atoms with Crippen LogP contribution in [0.4, 0.5) is 5.82 Å². The molecule has 0 spiro atoms. The quantitative estimate of drug-likeness (QED) is 0.335. The van der Waals surface area contributed by atoms with Gasteiger partial charge in [-0.15, -0.1) is 24.8 Å². The summed E-state index contributed by atoms with van der Waals surface area (Å²) < 4.78 is 0. The van der Waals surface area contributed by atoms with Crippen molar-refractivity contribution in [2.45, 2.75) is 45.1 Å². The van der Waals surface area contributed by atoms with Gasteiger partial charge in [-0.25, -0.2) is 4.98 Å². The highest BCUT2D eigenvalue weighted by molar-refractivity contribution is 6.01. The van der Waals surface area contributed by atoms with E-state index < -0.39 is 0 Å². The summed E-state index contributed by atoms with van der Waals surface area (Å²) in [6.45, 7) is 6.57. The number of nitrogens with zero attached hydrogens (tertiary/aromatic N) is 7. The molecule has 0 radical (unpaired) electrons. The molecule has 3 fully saturated rings. The summed E-state index contributed by atoms with van der Waals surface area (Å²) in [7, 11) is 3.71. The minimum absolute atomic E-state index is 0. The Bertz CT molecular complexity index is 1440. The normalized spacial score (nSPS) is 18.6. The number of hydrogen-bond donors (Lipinski definition) is 2. The van der Waals surface area contributed by atoms with Crippen LogP contribution in [-0.2, 0) is 11.3 Å². The predicted molar refractivity (Wildman–Crippen MR) is 199 cm³/mol. The zero-order valence-electron chi connectivity index (χ0n) is 28.2. The topological polar surface area (TPSA) is 125 Å². The van der Waals surface area contributed by atoms with E-state index in [1.54, 1.807) is 6.20 Å². The van der Waals surface area contributed by atoms with Gasteiger partial charge in [0.05, 0.1) is 22.8 Å². The van der Waals surface area contributed by atoms with Crippen molar-refractivity contribution < 1.29 is 4.79 Å². The van der Waals surface area contributed by atoms with Crippen molar-refractivity contribution in [1.82, 2.24) is 30.1 Å². The second-order valence-corrected chi connectivity index (χ2v) is 12.4. The molecule has 48 heavy (non-hydrogen) atoms. The van der Waals surface area contributed by atoms with Gasteiger partial charge < -0.3 is 16.0 Å². The molecule has 3 N–H and O–H groups in total. The summed E-state index contributed by atoms with van der Waals surface area (Å²) in [6.07, 6.45) is 11.5. The molecule has 10 nitrogen and oxygen atoms in total. The number of piperidine rings is 3. The van der Waals surface area contributed by atoms with Gasteiger partial charge in [-0.3, -0.25) is 29.6 Å². The minimum Gasteiger partial charge on any atom is -0.384 e. The predicted octanol–water partition coefficient (Wildman–Crippen LogP) is 4.97. The van der Waals surface area contributed by atoms with Gasteiger partial charge in [0.1, 0.15) is 5.82 Å². The smallest absolute Gasteiger partial charge is 0.225 e. The van der Waals surface area contributed by atoms with Gasteiger partial charge in [-0.2, -0.15) is 0 Å². The van der Waals surface area contributed by atoms with Gasteiger partial charge in [0.25, 0.3) is 0 Å². The number of carbonyl (C=O) groups is 1. The monoisotopic (exact) mass is 695 g/mol. The molecule has 0 unspecified atom stereocenters. The van der Waals surface area contributed by atoms with Crippen LogP contribution in [0.2, 0.25) is 0 Å². The van der Waals surface area contributed by atoms with E-state index in [1.165, 1.54) is 18.4 Å². The van der Waals surface area contributed by atoms with E-state index >= 15 is 0 Å². The fourth-order valence-corrected chi connectivity index (χ4v) is 6.96. The number of likely N-dealkylation sites (tertiary alicyclic amines) is 2. The van der Waals surface area contributed by atoms with Crippen molar-refractivity contribution in [3.8, 4) is 0 Å². The number of nitrogens with one attached hydrogen (secondary N) is 1. The van der Waals surface area contributed by atoms with Gasteiger partial charge in [0, 0.05) is 70.1 Å². The van der Waals surface area contributed by atoms with Crippen molar-refractivity contribution in [1.29, 1.82) is 0 Å². The van der Waals surface area contributed by atoms with Crippen molar-refractivity contribution in [3.05, 3.63) is 84.1 Å². The van der Waals surface area contributed by atoms with Crippen molar-refractivity contribution in [2.75, 3.05) is 59.1 Å². The van der Waals surface area contributed by atoms with E-state index in [0.717, 1.165) is 94.3 Å². The number of halogens is 2. The number of nitrogens with two attached hydrogens (primary N) is 1. The number of anilines is 1. The highest BCUT2D eigenvalue weighted by atomic mass is 35.5. The summed E-state index contributed by atoms with van der Waals surface area (Å²) in [6, 6.07) is 15.9. The lowest BCUT2D eigenvalue weighted by Gasteiger charge is -2.37. The fourth-order valence-electron chi connectivity index (χ4n) is 6.96. The fraction of sp³-hybridized carbons (Fsp3) is 0.500. The van der Waals surface area contributed by atoms with Crippen molar-refractivity contribution >= 4 is 48.0 Å². The zero-order valence-corrected chi connectivity index (χ0v) is 29.8. The number of rotatable bonds is 7. The number of carbonyl (C=O) groups excluding carboxylic acids is 1. The molecule has 0 aliphatic carbocycles. The van der Waals surface area contributed by atoms with E-state index in [0.29, 0.717) is 23.6 Å². The molecule has 3 aromatic heterocycles. The Kier molecular flexibility index (Phi) is 16.4. The highest BCUT2D eigenvalue weighted by Gasteiger charge is 2.32. The van der Waals surface area contributed by atoms with E-state index in [9.17, 15) is 4.79 Å². The van der Waals surface area contributed by atoms with Crippen LogP contribution in [0.3, 0.4) is 0 Å². The Labute approximate surface area is 298 Å². The molecular weight excluding hydrogens is 645 g/mol. The van der Waals surface area contributed by atoms with Gasteiger partial charge in [-0.05, 0) is 107 Å². The maximum absolute atomic E-state index is 13.1. The molecule has 12 heteroatoms. The van der Waals surface area contributed by atoms with Crippen LogP contribution in [0.15, 0.2) is 77.1 Å². The highest BCUT2D eigenvalue weighted by Crippen LogP contribution is 2.26. The summed E-state index contributed by atoms with van der Waals surface area (Å²) >= 11 is 0. The van der Waals surface area contributed by atoms with Crippen LogP contribution in [0, 0.1) is 17.8 Å². The van der Waals surface area contributed by atoms with E-state index in [1.807, 2.05) is 75.0 Å². The maximum Gasteiger partial charge on any atom is 0.225 e. The average molecular weight is 697 g/mol. The first-order valence-electron chi connectivity index (χ1n) is 16.7. The third-order valence-corrected chi connectivity index (χ3v) is 9.44. The lowest BCUT2D eigenvalue weighted by atomic mass is 9.88. The number of amides is 1. The number of pyridine rings is 3. The van der Waals surface area contributed by atoms with Gasteiger partial charge in [0.2, 0.25) is 5.91 Å². The second kappa shape index (κ2) is 20.2. The number of nitrogen functional groups attached to an aromatic ring is 1. The summed E-state index contributed by atoms with van der Waals surface area (Å²) in [5, 5.41) is 3.37. The minimum atomic E-state index is 0. The largest absolute Gasteiger partial charge is 0.384 e. The first-order valence-corrected chi connectivity index (χ1v) is 16.7. The van der Waals surface area contributed by atoms with Gasteiger partial charge >= 0.3 is 0 Å². The van der Waals surface area contributed by atoms with Crippen molar-refractivity contribution in [3.63, 3.8) is 0 Å². The molecule has 0 atom stereocenters. The number of aliphatic imine (C=N–C) groups is 2. The number of aromatic nitrogens is 3. The average Bonchev–Trinajstić information content (AvgIpc) is 3.11. The third-order valence-electron chi connectivity index (χ3n) is 9.44. The third kappa shape index (κ3) is 10.8. The molecule has 6 heterocycles. The Morgan fingerprint density at radius 2 is 1.29 bits per heavy atom. The van der Waals surface area contributed by atoms with E-state index in [2.05, 4.69) is 40.1 Å². The van der Waals surface area contributed by atoms with E-state index in [-0.39, 0.29) is 30.7 Å². The van der Waals surface area contributed by atoms with E-state index in [4.69, 9.17) is 5.73 Å². The van der Waals surface area contributed by atoms with Crippen LogP contribution >= 0.6 is 24.8 Å². The lowest BCUT2D eigenvalue weighted by molar-refractivity contribution is -0.138. The van der Waals surface area contributed by atoms with Crippen LogP contribution in [0.25, 0.3) is 0 Å². The van der Waals surface area contributed by atoms with Crippen molar-refractivity contribution in [2.24, 2.45) is 27.7 Å². The molecule has 3 aromatic rings. The maximum atomic E-state index is 13.1. The second-order valence-electron chi connectivity index (χ2n) is 12.4. The molecule has 3 aliphatic rings. The molecule has 0 saturated carbocycles. The molecule has 260 valence electrons.